The quantitative estimate of drug-likeness (QED) is 0.0824. The average molecular weight is 651 g/mol. The molecule has 2 unspecified atom stereocenters. The number of carbonyl (C=O) groups excluding carboxylic acids is 3. The van der Waals surface area contributed by atoms with Gasteiger partial charge in [0.15, 0.2) is 11.5 Å². The first kappa shape index (κ1) is 35.5. The van der Waals surface area contributed by atoms with Crippen molar-refractivity contribution >= 4 is 42.5 Å². The van der Waals surface area contributed by atoms with E-state index in [4.69, 9.17) is 39.5 Å². The minimum atomic E-state index is -3.86. The molecule has 3 aromatic rings. The lowest BCUT2D eigenvalue weighted by Gasteiger charge is -2.19. The SMILES string of the molecule is CCC(C)[C@@H](N)C(=O)OCCCOP(=O)(COCCn1cnc2c(N)ncnc21)OCCOC(=O)c1ccccc1OC(C)=O. The van der Waals surface area contributed by atoms with Crippen molar-refractivity contribution in [3.8, 4) is 5.75 Å². The highest BCUT2D eigenvalue weighted by molar-refractivity contribution is 7.53. The minimum Gasteiger partial charge on any atom is -0.464 e. The van der Waals surface area contributed by atoms with Gasteiger partial charge in [-0.05, 0) is 18.1 Å². The molecule has 17 heteroatoms. The van der Waals surface area contributed by atoms with Crippen LogP contribution in [0.5, 0.6) is 5.75 Å². The average Bonchev–Trinajstić information content (AvgIpc) is 3.44. The van der Waals surface area contributed by atoms with E-state index in [2.05, 4.69) is 15.0 Å². The van der Waals surface area contributed by atoms with Gasteiger partial charge in [0, 0.05) is 19.9 Å². The largest absolute Gasteiger partial charge is 0.464 e. The highest BCUT2D eigenvalue weighted by atomic mass is 31.2. The number of hydrogen-bond donors (Lipinski definition) is 2. The second-order valence-corrected chi connectivity index (χ2v) is 11.8. The number of esters is 3. The first-order chi connectivity index (χ1) is 21.5. The molecule has 0 bridgehead atoms. The van der Waals surface area contributed by atoms with Gasteiger partial charge in [-0.25, -0.2) is 19.7 Å². The summed E-state index contributed by atoms with van der Waals surface area (Å²) in [6.45, 7) is 4.75. The zero-order valence-corrected chi connectivity index (χ0v) is 26.4. The maximum Gasteiger partial charge on any atom is 0.356 e. The van der Waals surface area contributed by atoms with E-state index < -0.39 is 37.9 Å². The van der Waals surface area contributed by atoms with Crippen LogP contribution < -0.4 is 16.2 Å². The Morgan fingerprint density at radius 2 is 1.76 bits per heavy atom. The predicted octanol–water partition coefficient (Wildman–Crippen LogP) is 2.70. The molecule has 0 spiro atoms. The number of carbonyl (C=O) groups is 3. The van der Waals surface area contributed by atoms with Gasteiger partial charge < -0.3 is 44.0 Å². The number of anilines is 1. The lowest BCUT2D eigenvalue weighted by molar-refractivity contribution is -0.146. The molecule has 2 heterocycles. The fourth-order valence-corrected chi connectivity index (χ4v) is 5.14. The Hall–Kier alpha value is -3.95. The molecule has 0 aliphatic heterocycles. The number of para-hydroxylation sites is 1. The number of fused-ring (bicyclic) bond motifs is 1. The summed E-state index contributed by atoms with van der Waals surface area (Å²) >= 11 is 0. The zero-order chi connectivity index (χ0) is 32.8. The van der Waals surface area contributed by atoms with Crippen LogP contribution in [-0.2, 0) is 44.0 Å². The molecule has 0 saturated heterocycles. The summed E-state index contributed by atoms with van der Waals surface area (Å²) in [5, 5.41) is 0. The summed E-state index contributed by atoms with van der Waals surface area (Å²) in [4.78, 5) is 48.3. The minimum absolute atomic E-state index is 0.00186. The Labute approximate surface area is 260 Å². The van der Waals surface area contributed by atoms with E-state index in [9.17, 15) is 18.9 Å². The summed E-state index contributed by atoms with van der Waals surface area (Å²) in [6, 6.07) is 5.35. The fraction of sp³-hybridized carbons (Fsp3) is 0.500. The van der Waals surface area contributed by atoms with E-state index in [1.165, 1.54) is 31.7 Å². The molecule has 3 atom stereocenters. The molecule has 1 aromatic carbocycles. The van der Waals surface area contributed by atoms with Crippen LogP contribution in [-0.4, -0.2) is 82.9 Å². The lowest BCUT2D eigenvalue weighted by atomic mass is 10.0. The molecule has 0 radical (unpaired) electrons. The van der Waals surface area contributed by atoms with Crippen molar-refractivity contribution in [2.75, 3.05) is 45.1 Å². The van der Waals surface area contributed by atoms with Crippen LogP contribution in [0.3, 0.4) is 0 Å². The number of nitrogens with two attached hydrogens (primary N) is 2. The van der Waals surface area contributed by atoms with E-state index >= 15 is 0 Å². The van der Waals surface area contributed by atoms with Crippen LogP contribution in [0.15, 0.2) is 36.9 Å². The van der Waals surface area contributed by atoms with Crippen LogP contribution in [0.4, 0.5) is 5.82 Å². The van der Waals surface area contributed by atoms with Gasteiger partial charge in [0.2, 0.25) is 0 Å². The van der Waals surface area contributed by atoms with Crippen LogP contribution in [0.25, 0.3) is 11.2 Å². The number of aromatic nitrogens is 4. The van der Waals surface area contributed by atoms with E-state index in [-0.39, 0.29) is 62.5 Å². The smallest absolute Gasteiger partial charge is 0.356 e. The summed E-state index contributed by atoms with van der Waals surface area (Å²) in [7, 11) is -3.86. The molecule has 0 aliphatic carbocycles. The number of imidazole rings is 1. The van der Waals surface area contributed by atoms with E-state index in [0.29, 0.717) is 17.7 Å². The second kappa shape index (κ2) is 17.5. The van der Waals surface area contributed by atoms with Gasteiger partial charge in [0.25, 0.3) is 0 Å². The van der Waals surface area contributed by atoms with Gasteiger partial charge >= 0.3 is 25.5 Å². The maximum atomic E-state index is 13.5. The summed E-state index contributed by atoms with van der Waals surface area (Å²) in [5.74, 6) is -1.63. The summed E-state index contributed by atoms with van der Waals surface area (Å²) < 4.78 is 47.3. The Morgan fingerprint density at radius 1 is 1.00 bits per heavy atom. The summed E-state index contributed by atoms with van der Waals surface area (Å²) in [5.41, 5.74) is 12.7. The van der Waals surface area contributed by atoms with E-state index in [1.54, 1.807) is 16.7 Å². The fourth-order valence-electron chi connectivity index (χ4n) is 3.80. The first-order valence-electron chi connectivity index (χ1n) is 14.3. The number of nitrogen functional groups attached to an aromatic ring is 1. The molecule has 0 amide bonds. The standard InChI is InChI=1S/C28H39N6O10P/c1-4-19(2)23(29)28(37)40-11-7-12-42-45(38,18-39-13-10-34-17-33-24-25(30)31-16-32-26(24)34)43-15-14-41-27(36)21-8-5-6-9-22(21)44-20(3)35/h5-6,8-9,16-17,19,23H,4,7,10-15,18,29H2,1-3H3,(H2,30,31,32)/t19?,23-,45?/m1/s1. The molecule has 2 aromatic heterocycles. The molecule has 246 valence electrons. The van der Waals surface area contributed by atoms with Crippen LogP contribution in [0.1, 0.15) is 44.0 Å². The molecule has 16 nitrogen and oxygen atoms in total. The Bertz CT molecular complexity index is 1490. The van der Waals surface area contributed by atoms with Crippen molar-refractivity contribution in [1.29, 1.82) is 0 Å². The Balaban J connectivity index is 1.52. The number of nitrogens with zero attached hydrogens (tertiary/aromatic N) is 4. The lowest BCUT2D eigenvalue weighted by Crippen LogP contribution is -2.38. The van der Waals surface area contributed by atoms with Crippen molar-refractivity contribution in [1.82, 2.24) is 19.5 Å². The topological polar surface area (TPSA) is 219 Å². The second-order valence-electron chi connectivity index (χ2n) is 9.84. The van der Waals surface area contributed by atoms with Crippen LogP contribution >= 0.6 is 7.60 Å². The van der Waals surface area contributed by atoms with Crippen molar-refractivity contribution in [2.45, 2.75) is 46.2 Å². The third-order valence-electron chi connectivity index (χ3n) is 6.47. The predicted molar refractivity (Wildman–Crippen MR) is 161 cm³/mol. The Morgan fingerprint density at radius 3 is 2.51 bits per heavy atom. The molecule has 45 heavy (non-hydrogen) atoms. The summed E-state index contributed by atoms with van der Waals surface area (Å²) in [6.07, 6.45) is 3.39. The third kappa shape index (κ3) is 10.9. The molecule has 4 N–H and O–H groups in total. The van der Waals surface area contributed by atoms with E-state index in [0.717, 1.165) is 6.42 Å². The van der Waals surface area contributed by atoms with Crippen molar-refractivity contribution in [3.05, 3.63) is 42.5 Å². The normalized spacial score (nSPS) is 14.0. The molecule has 0 fully saturated rings. The third-order valence-corrected chi connectivity index (χ3v) is 8.12. The highest BCUT2D eigenvalue weighted by Gasteiger charge is 2.26. The number of benzene rings is 1. The van der Waals surface area contributed by atoms with Gasteiger partial charge in [-0.3, -0.25) is 14.2 Å². The first-order valence-corrected chi connectivity index (χ1v) is 16.0. The molecule has 0 saturated carbocycles. The van der Waals surface area contributed by atoms with Gasteiger partial charge in [-0.1, -0.05) is 32.4 Å². The van der Waals surface area contributed by atoms with Gasteiger partial charge in [0.1, 0.15) is 42.2 Å². The maximum absolute atomic E-state index is 13.5. The Kier molecular flexibility index (Phi) is 13.8. The van der Waals surface area contributed by atoms with Gasteiger partial charge in [0.05, 0.1) is 32.8 Å². The van der Waals surface area contributed by atoms with Crippen molar-refractivity contribution in [2.24, 2.45) is 11.7 Å². The number of hydrogen-bond acceptors (Lipinski definition) is 15. The van der Waals surface area contributed by atoms with E-state index in [1.807, 2.05) is 13.8 Å². The number of ether oxygens (including phenoxy) is 4. The molecule has 0 aliphatic rings. The van der Waals surface area contributed by atoms with Gasteiger partial charge in [-0.15, -0.1) is 0 Å². The molecular weight excluding hydrogens is 611 g/mol. The van der Waals surface area contributed by atoms with Crippen LogP contribution in [0.2, 0.25) is 0 Å². The monoisotopic (exact) mass is 650 g/mol. The molecular formula is C28H39N6O10P. The zero-order valence-electron chi connectivity index (χ0n) is 25.5. The number of rotatable bonds is 19. The van der Waals surface area contributed by atoms with Gasteiger partial charge in [-0.2, -0.15) is 0 Å². The molecule has 3 rings (SSSR count). The van der Waals surface area contributed by atoms with Crippen molar-refractivity contribution < 1.29 is 46.9 Å². The van der Waals surface area contributed by atoms with Crippen molar-refractivity contribution in [3.63, 3.8) is 0 Å². The van der Waals surface area contributed by atoms with Crippen LogP contribution in [0, 0.1) is 5.92 Å². The highest BCUT2D eigenvalue weighted by Crippen LogP contribution is 2.48.